The van der Waals surface area contributed by atoms with Gasteiger partial charge in [0.15, 0.2) is 0 Å². The molecule has 0 unspecified atom stereocenters. The van der Waals surface area contributed by atoms with Crippen molar-refractivity contribution in [1.29, 1.82) is 5.26 Å². The number of rotatable bonds is 4. The first-order chi connectivity index (χ1) is 15.7. The molecule has 6 heteroatoms. The van der Waals surface area contributed by atoms with E-state index in [1.807, 2.05) is 54.3 Å². The second-order valence-electron chi connectivity index (χ2n) is 8.20. The molecule has 5 rings (SSSR count). The maximum absolute atomic E-state index is 9.88. The number of nitriles is 1. The highest BCUT2D eigenvalue weighted by Crippen LogP contribution is 2.38. The molecule has 1 aliphatic heterocycles. The summed E-state index contributed by atoms with van der Waals surface area (Å²) in [5.41, 5.74) is 5.96. The number of anilines is 1. The van der Waals surface area contributed by atoms with Gasteiger partial charge in [-0.05, 0) is 30.5 Å². The van der Waals surface area contributed by atoms with Gasteiger partial charge in [0.05, 0.1) is 11.3 Å². The van der Waals surface area contributed by atoms with E-state index in [0.717, 1.165) is 59.7 Å². The first-order valence-electron chi connectivity index (χ1n) is 10.9. The smallest absolute Gasteiger partial charge is 0.135 e. The highest BCUT2D eigenvalue weighted by atomic mass is 15.3. The Kier molecular flexibility index (Phi) is 5.39. The first kappa shape index (κ1) is 20.0. The fourth-order valence-corrected chi connectivity index (χ4v) is 4.61. The molecule has 0 aliphatic carbocycles. The standard InChI is InChI=1S/C26H24N6/c1-31-18-29-30-26(31)20-10-12-32(13-11-20)25-21(15-27)8-5-9-24(25)23-14-22(16-28-17-23)19-6-3-2-4-7-19/h2-9,14,16-18,20H,10-13H2,1H3. The fraction of sp³-hybridized carbons (Fsp3) is 0.231. The van der Waals surface area contributed by atoms with Gasteiger partial charge in [0, 0.05) is 55.1 Å². The quantitative estimate of drug-likeness (QED) is 0.474. The van der Waals surface area contributed by atoms with E-state index in [-0.39, 0.29) is 0 Å². The Labute approximate surface area is 187 Å². The van der Waals surface area contributed by atoms with Crippen LogP contribution >= 0.6 is 0 Å². The molecule has 0 bridgehead atoms. The van der Waals surface area contributed by atoms with Crippen LogP contribution in [0.2, 0.25) is 0 Å². The average molecular weight is 421 g/mol. The van der Waals surface area contributed by atoms with E-state index in [0.29, 0.717) is 11.5 Å². The van der Waals surface area contributed by atoms with Crippen LogP contribution in [-0.2, 0) is 7.05 Å². The SMILES string of the molecule is Cn1cnnc1C1CCN(c2c(C#N)cccc2-c2cncc(-c3ccccc3)c2)CC1. The van der Waals surface area contributed by atoms with E-state index in [4.69, 9.17) is 0 Å². The fourth-order valence-electron chi connectivity index (χ4n) is 4.61. The number of nitrogens with zero attached hydrogens (tertiary/aromatic N) is 6. The van der Waals surface area contributed by atoms with Gasteiger partial charge >= 0.3 is 0 Å². The Balaban J connectivity index is 1.49. The summed E-state index contributed by atoms with van der Waals surface area (Å²) < 4.78 is 2.01. The van der Waals surface area contributed by atoms with Crippen molar-refractivity contribution in [3.05, 3.63) is 84.7 Å². The van der Waals surface area contributed by atoms with E-state index < -0.39 is 0 Å². The Morgan fingerprint density at radius 3 is 2.44 bits per heavy atom. The molecule has 1 fully saturated rings. The number of para-hydroxylation sites is 1. The van der Waals surface area contributed by atoms with Crippen LogP contribution < -0.4 is 4.90 Å². The first-order valence-corrected chi connectivity index (χ1v) is 10.9. The molecule has 4 aromatic rings. The van der Waals surface area contributed by atoms with Crippen LogP contribution in [0.3, 0.4) is 0 Å². The van der Waals surface area contributed by atoms with Crippen LogP contribution in [0, 0.1) is 11.3 Å². The third kappa shape index (κ3) is 3.74. The maximum Gasteiger partial charge on any atom is 0.135 e. The summed E-state index contributed by atoms with van der Waals surface area (Å²) in [6, 6.07) is 20.8. The van der Waals surface area contributed by atoms with Gasteiger partial charge in [0.1, 0.15) is 18.2 Å². The van der Waals surface area contributed by atoms with E-state index >= 15 is 0 Å². The number of pyridine rings is 1. The highest BCUT2D eigenvalue weighted by Gasteiger charge is 2.27. The monoisotopic (exact) mass is 420 g/mol. The zero-order chi connectivity index (χ0) is 21.9. The lowest BCUT2D eigenvalue weighted by atomic mass is 9.93. The summed E-state index contributed by atoms with van der Waals surface area (Å²) in [5, 5.41) is 18.2. The second kappa shape index (κ2) is 8.64. The minimum atomic E-state index is 0.388. The van der Waals surface area contributed by atoms with Crippen LogP contribution in [-0.4, -0.2) is 32.8 Å². The van der Waals surface area contributed by atoms with Crippen molar-refractivity contribution in [2.24, 2.45) is 7.05 Å². The number of hydrogen-bond donors (Lipinski definition) is 0. The van der Waals surface area contributed by atoms with Crippen molar-refractivity contribution >= 4 is 5.69 Å². The largest absolute Gasteiger partial charge is 0.370 e. The summed E-state index contributed by atoms with van der Waals surface area (Å²) in [5.74, 6) is 1.43. The Bertz CT molecular complexity index is 1260. The van der Waals surface area contributed by atoms with Crippen LogP contribution in [0.5, 0.6) is 0 Å². The Morgan fingerprint density at radius 2 is 1.72 bits per heavy atom. The van der Waals surface area contributed by atoms with E-state index in [1.54, 1.807) is 6.33 Å². The summed E-state index contributed by atoms with van der Waals surface area (Å²) in [6.07, 6.45) is 7.50. The summed E-state index contributed by atoms with van der Waals surface area (Å²) in [6.45, 7) is 1.74. The zero-order valence-corrected chi connectivity index (χ0v) is 18.0. The maximum atomic E-state index is 9.88. The molecule has 0 amide bonds. The molecule has 2 aromatic carbocycles. The molecule has 6 nitrogen and oxygen atoms in total. The third-order valence-electron chi connectivity index (χ3n) is 6.24. The lowest BCUT2D eigenvalue weighted by Gasteiger charge is -2.35. The predicted molar refractivity (Wildman–Crippen MR) is 125 cm³/mol. The molecule has 32 heavy (non-hydrogen) atoms. The van der Waals surface area contributed by atoms with Crippen LogP contribution in [0.15, 0.2) is 73.3 Å². The number of benzene rings is 2. The number of aryl methyl sites for hydroxylation is 1. The summed E-state index contributed by atoms with van der Waals surface area (Å²) in [7, 11) is 2.00. The van der Waals surface area contributed by atoms with E-state index in [2.05, 4.69) is 50.4 Å². The number of piperidine rings is 1. The molecule has 0 N–H and O–H groups in total. The zero-order valence-electron chi connectivity index (χ0n) is 18.0. The molecule has 0 saturated carbocycles. The van der Waals surface area contributed by atoms with Gasteiger partial charge in [-0.2, -0.15) is 5.26 Å². The van der Waals surface area contributed by atoms with Gasteiger partial charge in [-0.25, -0.2) is 0 Å². The summed E-state index contributed by atoms with van der Waals surface area (Å²) in [4.78, 5) is 6.86. The highest BCUT2D eigenvalue weighted by molar-refractivity contribution is 5.84. The Hall–Kier alpha value is -3.98. The van der Waals surface area contributed by atoms with Crippen molar-refractivity contribution in [3.8, 4) is 28.3 Å². The molecule has 158 valence electrons. The number of hydrogen-bond acceptors (Lipinski definition) is 5. The van der Waals surface area contributed by atoms with Crippen LogP contribution in [0.1, 0.15) is 30.1 Å². The van der Waals surface area contributed by atoms with Crippen molar-refractivity contribution < 1.29 is 0 Å². The summed E-state index contributed by atoms with van der Waals surface area (Å²) >= 11 is 0. The van der Waals surface area contributed by atoms with Crippen molar-refractivity contribution in [1.82, 2.24) is 19.7 Å². The lowest BCUT2D eigenvalue weighted by Crippen LogP contribution is -2.34. The minimum Gasteiger partial charge on any atom is -0.370 e. The predicted octanol–water partition coefficient (Wildman–Crippen LogP) is 4.80. The molecule has 0 spiro atoms. The topological polar surface area (TPSA) is 70.6 Å². The van der Waals surface area contributed by atoms with E-state index in [1.165, 1.54) is 0 Å². The van der Waals surface area contributed by atoms with Gasteiger partial charge in [0.25, 0.3) is 0 Å². The number of aromatic nitrogens is 4. The second-order valence-corrected chi connectivity index (χ2v) is 8.20. The molecular formula is C26H24N6. The lowest BCUT2D eigenvalue weighted by molar-refractivity contribution is 0.474. The Morgan fingerprint density at radius 1 is 0.938 bits per heavy atom. The third-order valence-corrected chi connectivity index (χ3v) is 6.24. The van der Waals surface area contributed by atoms with E-state index in [9.17, 15) is 5.26 Å². The van der Waals surface area contributed by atoms with Gasteiger partial charge in [-0.15, -0.1) is 10.2 Å². The van der Waals surface area contributed by atoms with Crippen molar-refractivity contribution in [2.75, 3.05) is 18.0 Å². The molecule has 0 atom stereocenters. The van der Waals surface area contributed by atoms with Gasteiger partial charge in [-0.1, -0.05) is 42.5 Å². The van der Waals surface area contributed by atoms with Crippen molar-refractivity contribution in [2.45, 2.75) is 18.8 Å². The molecular weight excluding hydrogens is 396 g/mol. The van der Waals surface area contributed by atoms with Crippen LogP contribution in [0.4, 0.5) is 5.69 Å². The van der Waals surface area contributed by atoms with Crippen LogP contribution in [0.25, 0.3) is 22.3 Å². The van der Waals surface area contributed by atoms with Gasteiger partial charge < -0.3 is 9.47 Å². The molecule has 3 heterocycles. The molecule has 1 saturated heterocycles. The normalized spacial score (nSPS) is 14.3. The van der Waals surface area contributed by atoms with Gasteiger partial charge in [0.2, 0.25) is 0 Å². The minimum absolute atomic E-state index is 0.388. The average Bonchev–Trinajstić information content (AvgIpc) is 3.30. The molecule has 1 aliphatic rings. The van der Waals surface area contributed by atoms with Gasteiger partial charge in [-0.3, -0.25) is 4.98 Å². The molecule has 0 radical (unpaired) electrons. The van der Waals surface area contributed by atoms with Crippen molar-refractivity contribution in [3.63, 3.8) is 0 Å². The molecule has 2 aromatic heterocycles.